The van der Waals surface area contributed by atoms with Gasteiger partial charge in [-0.2, -0.15) is 13.2 Å². The lowest BCUT2D eigenvalue weighted by molar-refractivity contribution is -0.154. The first kappa shape index (κ1) is 24.7. The van der Waals surface area contributed by atoms with Crippen molar-refractivity contribution in [3.05, 3.63) is 23.9 Å². The van der Waals surface area contributed by atoms with Crippen molar-refractivity contribution in [2.75, 3.05) is 40.0 Å². The van der Waals surface area contributed by atoms with Crippen LogP contribution in [-0.4, -0.2) is 63.2 Å². The second kappa shape index (κ2) is 13.0. The quantitative estimate of drug-likeness (QED) is 0.227. The van der Waals surface area contributed by atoms with Crippen molar-refractivity contribution in [1.82, 2.24) is 15.6 Å². The number of aromatic nitrogens is 1. The van der Waals surface area contributed by atoms with E-state index in [0.717, 1.165) is 25.0 Å². The Hall–Kier alpha value is -1.34. The summed E-state index contributed by atoms with van der Waals surface area (Å²) in [7, 11) is 1.66. The maximum absolute atomic E-state index is 12.1. The normalized spacial score (nSPS) is 17.1. The fraction of sp³-hybridized carbons (Fsp3) is 0.647. The molecule has 1 aromatic heterocycles. The molecule has 1 aliphatic heterocycles. The summed E-state index contributed by atoms with van der Waals surface area (Å²) in [4.78, 5) is 7.98. The number of aliphatic imine (C=N–C) groups is 1. The van der Waals surface area contributed by atoms with Crippen LogP contribution in [-0.2, 0) is 16.0 Å². The Balaban J connectivity index is 0.00000392. The predicted molar refractivity (Wildman–Crippen MR) is 109 cm³/mol. The van der Waals surface area contributed by atoms with Crippen molar-refractivity contribution >= 4 is 29.9 Å². The summed E-state index contributed by atoms with van der Waals surface area (Å²) < 4.78 is 51.8. The van der Waals surface area contributed by atoms with Crippen LogP contribution in [0.15, 0.2) is 23.3 Å². The Kier molecular flexibility index (Phi) is 11.5. The molecule has 160 valence electrons. The second-order valence-electron chi connectivity index (χ2n) is 5.97. The monoisotopic (exact) mass is 518 g/mol. The summed E-state index contributed by atoms with van der Waals surface area (Å²) in [5, 5.41) is 6.28. The molecular weight excluding hydrogens is 492 g/mol. The summed E-state index contributed by atoms with van der Waals surface area (Å²) >= 11 is 0. The molecule has 7 nitrogen and oxygen atoms in total. The lowest BCUT2D eigenvalue weighted by atomic mass is 10.3. The number of hydrogen-bond acceptors (Lipinski definition) is 5. The Bertz CT molecular complexity index is 582. The zero-order valence-corrected chi connectivity index (χ0v) is 18.0. The lowest BCUT2D eigenvalue weighted by Crippen LogP contribution is -2.37. The second-order valence-corrected chi connectivity index (χ2v) is 5.97. The number of nitrogens with zero attached hydrogens (tertiary/aromatic N) is 2. The highest BCUT2D eigenvalue weighted by Crippen LogP contribution is 2.17. The van der Waals surface area contributed by atoms with Gasteiger partial charge in [-0.05, 0) is 18.4 Å². The van der Waals surface area contributed by atoms with E-state index in [4.69, 9.17) is 9.47 Å². The molecular formula is C17H26F3IN4O3. The molecule has 2 rings (SSSR count). The molecule has 0 radical (unpaired) electrons. The Morgan fingerprint density at radius 3 is 2.79 bits per heavy atom. The smallest absolute Gasteiger partial charge is 0.422 e. The van der Waals surface area contributed by atoms with Gasteiger partial charge in [-0.3, -0.25) is 4.99 Å². The van der Waals surface area contributed by atoms with Gasteiger partial charge in [-0.15, -0.1) is 24.0 Å². The minimum absolute atomic E-state index is 0. The average Bonchev–Trinajstić information content (AvgIpc) is 3.16. The molecule has 0 amide bonds. The molecule has 1 atom stereocenters. The number of nitrogens with one attached hydrogen (secondary N) is 2. The van der Waals surface area contributed by atoms with Gasteiger partial charge in [0, 0.05) is 45.6 Å². The van der Waals surface area contributed by atoms with Crippen LogP contribution in [0, 0.1) is 0 Å². The van der Waals surface area contributed by atoms with E-state index in [-0.39, 0.29) is 36.0 Å². The van der Waals surface area contributed by atoms with E-state index in [1.165, 1.54) is 12.3 Å². The van der Waals surface area contributed by atoms with Gasteiger partial charge in [0.05, 0.1) is 12.7 Å². The number of ether oxygens (including phenoxy) is 3. The third-order valence-corrected chi connectivity index (χ3v) is 3.72. The van der Waals surface area contributed by atoms with Crippen molar-refractivity contribution in [2.45, 2.75) is 31.7 Å². The molecule has 1 aliphatic rings. The molecule has 1 fully saturated rings. The molecule has 1 unspecified atom stereocenters. The largest absolute Gasteiger partial charge is 0.468 e. The van der Waals surface area contributed by atoms with E-state index < -0.39 is 12.8 Å². The van der Waals surface area contributed by atoms with E-state index in [1.54, 1.807) is 13.1 Å². The lowest BCUT2D eigenvalue weighted by Gasteiger charge is -2.13. The summed E-state index contributed by atoms with van der Waals surface area (Å²) in [5.41, 5.74) is 0.793. The third kappa shape index (κ3) is 10.3. The minimum Gasteiger partial charge on any atom is -0.468 e. The standard InChI is InChI=1S/C17H25F3N4O3.HI/c1-21-16(22-6-2-7-26-14-5-8-25-11-14)24-10-13-3-4-15(23-9-13)27-12-17(18,19)20;/h3-4,9,14H,2,5-8,10-12H2,1H3,(H2,21,22,24);1H. The van der Waals surface area contributed by atoms with Crippen LogP contribution in [0.1, 0.15) is 18.4 Å². The van der Waals surface area contributed by atoms with Gasteiger partial charge in [0.1, 0.15) is 0 Å². The number of halogens is 4. The molecule has 0 bridgehead atoms. The van der Waals surface area contributed by atoms with E-state index in [9.17, 15) is 13.2 Å². The van der Waals surface area contributed by atoms with Crippen molar-refractivity contribution in [3.8, 4) is 5.88 Å². The molecule has 0 spiro atoms. The maximum Gasteiger partial charge on any atom is 0.422 e. The van der Waals surface area contributed by atoms with Gasteiger partial charge in [-0.1, -0.05) is 6.07 Å². The van der Waals surface area contributed by atoms with Crippen LogP contribution in [0.25, 0.3) is 0 Å². The van der Waals surface area contributed by atoms with Gasteiger partial charge >= 0.3 is 6.18 Å². The maximum atomic E-state index is 12.1. The van der Waals surface area contributed by atoms with E-state index in [2.05, 4.69) is 25.3 Å². The van der Waals surface area contributed by atoms with Gasteiger partial charge < -0.3 is 24.8 Å². The van der Waals surface area contributed by atoms with Gasteiger partial charge in [0.15, 0.2) is 12.6 Å². The van der Waals surface area contributed by atoms with Crippen molar-refractivity contribution < 1.29 is 27.4 Å². The molecule has 0 aliphatic carbocycles. The number of alkyl halides is 3. The first-order valence-electron chi connectivity index (χ1n) is 8.74. The van der Waals surface area contributed by atoms with E-state index >= 15 is 0 Å². The van der Waals surface area contributed by atoms with Gasteiger partial charge in [-0.25, -0.2) is 4.98 Å². The van der Waals surface area contributed by atoms with Gasteiger partial charge in [0.2, 0.25) is 5.88 Å². The number of rotatable bonds is 9. The molecule has 11 heteroatoms. The van der Waals surface area contributed by atoms with E-state index in [1.807, 2.05) is 0 Å². The van der Waals surface area contributed by atoms with Crippen molar-refractivity contribution in [1.29, 1.82) is 0 Å². The van der Waals surface area contributed by atoms with Crippen molar-refractivity contribution in [2.24, 2.45) is 4.99 Å². The zero-order chi connectivity index (χ0) is 19.5. The predicted octanol–water partition coefficient (Wildman–Crippen LogP) is 2.50. The first-order valence-corrected chi connectivity index (χ1v) is 8.74. The van der Waals surface area contributed by atoms with Crippen LogP contribution in [0.5, 0.6) is 5.88 Å². The first-order chi connectivity index (χ1) is 13.0. The fourth-order valence-corrected chi connectivity index (χ4v) is 2.34. The van der Waals surface area contributed by atoms with Crippen molar-refractivity contribution in [3.63, 3.8) is 0 Å². The highest BCUT2D eigenvalue weighted by atomic mass is 127. The molecule has 0 saturated carbocycles. The SMILES string of the molecule is CN=C(NCCCOC1CCOC1)NCc1ccc(OCC(F)(F)F)nc1.I. The molecule has 2 heterocycles. The van der Waals surface area contributed by atoms with Crippen LogP contribution in [0.3, 0.4) is 0 Å². The van der Waals surface area contributed by atoms with Crippen LogP contribution in [0.4, 0.5) is 13.2 Å². The summed E-state index contributed by atoms with van der Waals surface area (Å²) in [6.45, 7) is 1.87. The number of guanidine groups is 1. The molecule has 2 N–H and O–H groups in total. The van der Waals surface area contributed by atoms with Crippen LogP contribution >= 0.6 is 24.0 Å². The zero-order valence-electron chi connectivity index (χ0n) is 15.6. The fourth-order valence-electron chi connectivity index (χ4n) is 2.34. The number of pyridine rings is 1. The Morgan fingerprint density at radius 2 is 2.18 bits per heavy atom. The van der Waals surface area contributed by atoms with E-state index in [0.29, 0.717) is 32.3 Å². The Labute approximate surface area is 179 Å². The number of hydrogen-bond donors (Lipinski definition) is 2. The average molecular weight is 518 g/mol. The molecule has 1 saturated heterocycles. The molecule has 0 aromatic carbocycles. The van der Waals surface area contributed by atoms with Crippen LogP contribution in [0.2, 0.25) is 0 Å². The van der Waals surface area contributed by atoms with Crippen LogP contribution < -0.4 is 15.4 Å². The molecule has 28 heavy (non-hydrogen) atoms. The minimum atomic E-state index is -4.38. The summed E-state index contributed by atoms with van der Waals surface area (Å²) in [6.07, 6.45) is -0.924. The van der Waals surface area contributed by atoms with Gasteiger partial charge in [0.25, 0.3) is 0 Å². The highest BCUT2D eigenvalue weighted by Gasteiger charge is 2.28. The molecule has 1 aromatic rings. The summed E-state index contributed by atoms with van der Waals surface area (Å²) in [6, 6.07) is 3.06. The summed E-state index contributed by atoms with van der Waals surface area (Å²) in [5.74, 6) is 0.558. The topological polar surface area (TPSA) is 77.0 Å². The highest BCUT2D eigenvalue weighted by molar-refractivity contribution is 14.0. The Morgan fingerprint density at radius 1 is 1.36 bits per heavy atom. The third-order valence-electron chi connectivity index (χ3n) is 3.72.